The molecule has 11 nitrogen and oxygen atoms in total. The summed E-state index contributed by atoms with van der Waals surface area (Å²) >= 11 is 0. The Labute approximate surface area is 161 Å². The van der Waals surface area contributed by atoms with Crippen LogP contribution in [0.2, 0.25) is 0 Å². The first-order chi connectivity index (χ1) is 13.2. The van der Waals surface area contributed by atoms with Crippen LogP contribution < -0.4 is 19.5 Å². The van der Waals surface area contributed by atoms with E-state index in [1.165, 1.54) is 38.5 Å². The molecule has 0 radical (unpaired) electrons. The van der Waals surface area contributed by atoms with E-state index in [9.17, 15) is 18.0 Å². The summed E-state index contributed by atoms with van der Waals surface area (Å²) in [4.78, 5) is 31.3. The highest BCUT2D eigenvalue weighted by Crippen LogP contribution is 2.20. The van der Waals surface area contributed by atoms with Crippen molar-refractivity contribution in [2.45, 2.75) is 11.8 Å². The van der Waals surface area contributed by atoms with Crippen LogP contribution in [0, 0.1) is 6.92 Å². The van der Waals surface area contributed by atoms with Gasteiger partial charge in [-0.3, -0.25) is 5.32 Å². The monoisotopic (exact) mass is 410 g/mol. The largest absolute Gasteiger partial charge is 0.481 e. The van der Waals surface area contributed by atoms with E-state index < -0.39 is 26.9 Å². The Bertz CT molecular complexity index is 986. The third-order valence-corrected chi connectivity index (χ3v) is 4.77. The van der Waals surface area contributed by atoms with Crippen molar-refractivity contribution in [1.29, 1.82) is 0 Å². The Kier molecular flexibility index (Phi) is 6.36. The molecule has 0 saturated carbocycles. The van der Waals surface area contributed by atoms with Crippen molar-refractivity contribution in [3.8, 4) is 11.8 Å². The molecule has 12 heteroatoms. The van der Waals surface area contributed by atoms with Gasteiger partial charge in [-0.2, -0.15) is 9.97 Å². The molecule has 1 aromatic carbocycles. The average molecular weight is 410 g/mol. The Balaban J connectivity index is 2.28. The number of aryl methyl sites for hydroxylation is 1. The number of hydrogen-bond donors (Lipinski definition) is 2. The molecule has 28 heavy (non-hydrogen) atoms. The van der Waals surface area contributed by atoms with Crippen molar-refractivity contribution in [1.82, 2.24) is 14.7 Å². The second kappa shape index (κ2) is 8.52. The van der Waals surface area contributed by atoms with E-state index in [0.29, 0.717) is 5.56 Å². The fourth-order valence-corrected chi connectivity index (χ4v) is 3.20. The van der Waals surface area contributed by atoms with Gasteiger partial charge in [0.1, 0.15) is 4.90 Å². The number of nitrogens with one attached hydrogen (secondary N) is 2. The molecule has 0 saturated heterocycles. The summed E-state index contributed by atoms with van der Waals surface area (Å²) in [6, 6.07) is 4.24. The van der Waals surface area contributed by atoms with Crippen LogP contribution in [0.5, 0.6) is 11.8 Å². The van der Waals surface area contributed by atoms with Crippen molar-refractivity contribution in [2.75, 3.05) is 26.6 Å². The van der Waals surface area contributed by atoms with E-state index in [0.717, 1.165) is 7.11 Å². The van der Waals surface area contributed by atoms with E-state index in [4.69, 9.17) is 9.47 Å². The van der Waals surface area contributed by atoms with E-state index in [1.807, 2.05) is 0 Å². The number of benzene rings is 1. The van der Waals surface area contributed by atoms with E-state index >= 15 is 0 Å². The summed E-state index contributed by atoms with van der Waals surface area (Å²) in [7, 11) is -0.577. The van der Waals surface area contributed by atoms with Gasteiger partial charge in [0, 0.05) is 0 Å². The lowest BCUT2D eigenvalue weighted by atomic mass is 10.1. The zero-order valence-electron chi connectivity index (χ0n) is 15.5. The predicted molar refractivity (Wildman–Crippen MR) is 97.0 cm³/mol. The number of urea groups is 1. The summed E-state index contributed by atoms with van der Waals surface area (Å²) in [5.41, 5.74) is 0.433. The second-order valence-electron chi connectivity index (χ2n) is 5.33. The van der Waals surface area contributed by atoms with Crippen molar-refractivity contribution in [3.05, 3.63) is 35.4 Å². The van der Waals surface area contributed by atoms with Gasteiger partial charge in [-0.1, -0.05) is 11.6 Å². The van der Waals surface area contributed by atoms with Crippen LogP contribution in [-0.4, -0.2) is 51.7 Å². The number of carbonyl (C=O) groups is 2. The molecule has 2 rings (SSSR count). The normalized spacial score (nSPS) is 10.7. The number of anilines is 1. The first-order valence-corrected chi connectivity index (χ1v) is 9.18. The number of ether oxygens (including phenoxy) is 3. The predicted octanol–water partition coefficient (Wildman–Crippen LogP) is 1.10. The van der Waals surface area contributed by atoms with Crippen molar-refractivity contribution in [2.24, 2.45) is 0 Å². The number of hydrogen-bond acceptors (Lipinski definition) is 9. The third-order valence-electron chi connectivity index (χ3n) is 3.38. The summed E-state index contributed by atoms with van der Waals surface area (Å²) in [5.74, 6) is -0.917. The molecule has 0 unspecified atom stereocenters. The van der Waals surface area contributed by atoms with Gasteiger partial charge in [0.05, 0.1) is 33.0 Å². The molecular formula is C16H18N4O7S. The van der Waals surface area contributed by atoms with E-state index in [2.05, 4.69) is 20.0 Å². The van der Waals surface area contributed by atoms with Crippen LogP contribution in [0.1, 0.15) is 15.9 Å². The number of carbonyl (C=O) groups excluding carboxylic acids is 2. The standard InChI is InChI=1S/C16H18N4O7S/c1-9-5-6-11(10(7-9)14(21)27-4)28(23,24)20-16(22)19-15-17-12(25-2)8-13(18-15)26-3/h5-8H,1-4H3,(H2,17,18,19,20,22). The Morgan fingerprint density at radius 3 is 2.14 bits per heavy atom. The molecule has 1 aromatic heterocycles. The van der Waals surface area contributed by atoms with Crippen LogP contribution in [0.4, 0.5) is 10.7 Å². The van der Waals surface area contributed by atoms with Crippen molar-refractivity contribution in [3.63, 3.8) is 0 Å². The molecule has 2 N–H and O–H groups in total. The van der Waals surface area contributed by atoms with E-state index in [1.54, 1.807) is 11.6 Å². The maximum atomic E-state index is 12.6. The molecule has 2 amide bonds. The summed E-state index contributed by atoms with van der Waals surface area (Å²) in [6.07, 6.45) is 0. The fraction of sp³-hybridized carbons (Fsp3) is 0.250. The maximum absolute atomic E-state index is 12.6. The molecule has 150 valence electrons. The first kappa shape index (κ1) is 20.9. The number of methoxy groups -OCH3 is 3. The molecule has 2 aromatic rings. The zero-order chi connectivity index (χ0) is 20.9. The number of esters is 1. The molecule has 0 spiro atoms. The molecule has 0 fully saturated rings. The van der Waals surface area contributed by atoms with Crippen LogP contribution >= 0.6 is 0 Å². The first-order valence-electron chi connectivity index (χ1n) is 7.70. The van der Waals surface area contributed by atoms with Gasteiger partial charge in [0.2, 0.25) is 17.7 Å². The highest BCUT2D eigenvalue weighted by Gasteiger charge is 2.25. The van der Waals surface area contributed by atoms with Crippen molar-refractivity contribution >= 4 is 28.0 Å². The molecule has 0 aliphatic carbocycles. The van der Waals surface area contributed by atoms with Crippen molar-refractivity contribution < 1.29 is 32.2 Å². The lowest BCUT2D eigenvalue weighted by Gasteiger charge is -2.12. The maximum Gasteiger partial charge on any atom is 0.339 e. The number of amides is 2. The van der Waals surface area contributed by atoms with Crippen LogP contribution in [-0.2, 0) is 14.8 Å². The average Bonchev–Trinajstić information content (AvgIpc) is 2.65. The van der Waals surface area contributed by atoms with Gasteiger partial charge >= 0.3 is 12.0 Å². The van der Waals surface area contributed by atoms with Crippen LogP contribution in [0.3, 0.4) is 0 Å². The van der Waals surface area contributed by atoms with Crippen LogP contribution in [0.15, 0.2) is 29.2 Å². The summed E-state index contributed by atoms with van der Waals surface area (Å²) in [6.45, 7) is 1.68. The highest BCUT2D eigenvalue weighted by molar-refractivity contribution is 7.90. The van der Waals surface area contributed by atoms with Gasteiger partial charge in [-0.25, -0.2) is 22.7 Å². The smallest absolute Gasteiger partial charge is 0.339 e. The summed E-state index contributed by atoms with van der Waals surface area (Å²) in [5, 5.41) is 2.16. The third kappa shape index (κ3) is 4.85. The SMILES string of the molecule is COC(=O)c1cc(C)ccc1S(=O)(=O)NC(=O)Nc1nc(OC)cc(OC)n1. The molecule has 0 bridgehead atoms. The lowest BCUT2D eigenvalue weighted by molar-refractivity contribution is 0.0596. The number of nitrogens with zero attached hydrogens (tertiary/aromatic N) is 2. The second-order valence-corrected chi connectivity index (χ2v) is 6.98. The highest BCUT2D eigenvalue weighted by atomic mass is 32.2. The Morgan fingerprint density at radius 2 is 1.61 bits per heavy atom. The topological polar surface area (TPSA) is 146 Å². The quantitative estimate of drug-likeness (QED) is 0.668. The number of sulfonamides is 1. The fourth-order valence-electron chi connectivity index (χ4n) is 2.12. The van der Waals surface area contributed by atoms with Gasteiger partial charge < -0.3 is 14.2 Å². The van der Waals surface area contributed by atoms with Crippen LogP contribution in [0.25, 0.3) is 0 Å². The summed E-state index contributed by atoms with van der Waals surface area (Å²) < 4.78 is 41.4. The Hall–Kier alpha value is -3.41. The minimum absolute atomic E-state index is 0.0940. The zero-order valence-corrected chi connectivity index (χ0v) is 16.3. The van der Waals surface area contributed by atoms with Gasteiger partial charge in [-0.15, -0.1) is 0 Å². The minimum atomic E-state index is -4.39. The van der Waals surface area contributed by atoms with Gasteiger partial charge in [0.25, 0.3) is 10.0 Å². The molecular weight excluding hydrogens is 392 g/mol. The number of aromatic nitrogens is 2. The molecule has 1 heterocycles. The molecule has 0 aliphatic rings. The van der Waals surface area contributed by atoms with Gasteiger partial charge in [-0.05, 0) is 19.1 Å². The minimum Gasteiger partial charge on any atom is -0.481 e. The Morgan fingerprint density at radius 1 is 1.00 bits per heavy atom. The van der Waals surface area contributed by atoms with E-state index in [-0.39, 0.29) is 23.3 Å². The lowest BCUT2D eigenvalue weighted by Crippen LogP contribution is -2.35. The molecule has 0 atom stereocenters. The van der Waals surface area contributed by atoms with Gasteiger partial charge in [0.15, 0.2) is 0 Å². The molecule has 0 aliphatic heterocycles. The number of rotatable bonds is 6.